The highest BCUT2D eigenvalue weighted by molar-refractivity contribution is 6.00. The van der Waals surface area contributed by atoms with Crippen LogP contribution in [0.3, 0.4) is 0 Å². The molecule has 2 aromatic carbocycles. The fraction of sp³-hybridized carbons (Fsp3) is 0.286. The Morgan fingerprint density at radius 3 is 2.44 bits per heavy atom. The number of hydrogen-bond donors (Lipinski definition) is 3. The number of rotatable bonds is 8. The number of alkyl halides is 5. The van der Waals surface area contributed by atoms with Crippen LogP contribution in [0.15, 0.2) is 42.6 Å². The monoisotopic (exact) mass is 641 g/mol. The van der Waals surface area contributed by atoms with Crippen LogP contribution in [0.2, 0.25) is 0 Å². The van der Waals surface area contributed by atoms with E-state index in [1.54, 1.807) is 0 Å². The number of aliphatic hydroxyl groups is 1. The lowest BCUT2D eigenvalue weighted by Gasteiger charge is -2.32. The minimum absolute atomic E-state index is 0.0214. The number of nitrogens with one attached hydrogen (secondary N) is 1. The van der Waals surface area contributed by atoms with E-state index in [-0.39, 0.29) is 32.5 Å². The van der Waals surface area contributed by atoms with Crippen LogP contribution in [-0.2, 0) is 15.8 Å². The van der Waals surface area contributed by atoms with Crippen molar-refractivity contribution < 1.29 is 54.9 Å². The molecule has 0 fully saturated rings. The zero-order chi connectivity index (χ0) is 33.1. The minimum atomic E-state index is -5.69. The molecule has 1 aliphatic rings. The molecule has 238 valence electrons. The smallest absolute Gasteiger partial charge is 0.424 e. The van der Waals surface area contributed by atoms with Crippen LogP contribution in [0.25, 0.3) is 22.2 Å². The van der Waals surface area contributed by atoms with E-state index in [9.17, 15) is 41.0 Å². The van der Waals surface area contributed by atoms with Gasteiger partial charge in [-0.1, -0.05) is 0 Å². The first kappa shape index (κ1) is 31.5. The second-order valence-electron chi connectivity index (χ2n) is 10.4. The lowest BCUT2D eigenvalue weighted by Crippen LogP contribution is -2.52. The maximum atomic E-state index is 16.1. The standard InChI is InChI=1S/C28H22F7N5O5/c1-26(24(36)42)11-45-21-17(26)18(30)22(38-20(21)12-3-5-15(29)6-4-12)27(43,28(33,34)35)10-37-23(41)13-7-14-9-40(25(31)32)39-19(14)16(8-13)44-2/h3-9,25,43H,10-11H2,1-2H3,(H2,36,42)(H,37,41)/t26-,27?/m0/s1. The molecule has 0 saturated heterocycles. The number of hydrogen-bond acceptors (Lipinski definition) is 7. The van der Waals surface area contributed by atoms with E-state index in [0.29, 0.717) is 0 Å². The number of carbonyl (C=O) groups is 2. The van der Waals surface area contributed by atoms with Crippen molar-refractivity contribution in [1.29, 1.82) is 0 Å². The number of amides is 2. The molecule has 0 aliphatic carbocycles. The molecule has 17 heteroatoms. The van der Waals surface area contributed by atoms with E-state index >= 15 is 4.39 Å². The van der Waals surface area contributed by atoms with Gasteiger partial charge >= 0.3 is 12.7 Å². The van der Waals surface area contributed by atoms with Crippen LogP contribution in [0.5, 0.6) is 11.5 Å². The summed E-state index contributed by atoms with van der Waals surface area (Å²) in [6.45, 7) is -4.21. The first-order valence-electron chi connectivity index (χ1n) is 12.9. The molecule has 45 heavy (non-hydrogen) atoms. The normalized spacial score (nSPS) is 17.6. The van der Waals surface area contributed by atoms with Gasteiger partial charge < -0.3 is 25.6 Å². The van der Waals surface area contributed by atoms with Crippen molar-refractivity contribution in [2.24, 2.45) is 5.73 Å². The first-order valence-corrected chi connectivity index (χ1v) is 12.9. The van der Waals surface area contributed by atoms with Crippen molar-refractivity contribution in [1.82, 2.24) is 20.1 Å². The summed E-state index contributed by atoms with van der Waals surface area (Å²) >= 11 is 0. The van der Waals surface area contributed by atoms with Crippen molar-refractivity contribution in [3.05, 3.63) is 71.1 Å². The van der Waals surface area contributed by atoms with Gasteiger partial charge in [0.05, 0.1) is 19.2 Å². The first-order chi connectivity index (χ1) is 21.0. The summed E-state index contributed by atoms with van der Waals surface area (Å²) in [7, 11) is 1.14. The van der Waals surface area contributed by atoms with Gasteiger partial charge in [0.15, 0.2) is 11.6 Å². The van der Waals surface area contributed by atoms with Crippen molar-refractivity contribution in [3.63, 3.8) is 0 Å². The number of primary amides is 1. The second kappa shape index (κ2) is 10.9. The van der Waals surface area contributed by atoms with E-state index in [2.05, 4.69) is 10.1 Å². The van der Waals surface area contributed by atoms with Crippen LogP contribution in [0.1, 0.15) is 35.1 Å². The molecule has 10 nitrogen and oxygen atoms in total. The average molecular weight is 642 g/mol. The highest BCUT2D eigenvalue weighted by atomic mass is 19.4. The molecular weight excluding hydrogens is 619 g/mol. The Morgan fingerprint density at radius 2 is 1.87 bits per heavy atom. The third-order valence-corrected chi connectivity index (χ3v) is 7.45. The zero-order valence-electron chi connectivity index (χ0n) is 23.2. The maximum absolute atomic E-state index is 16.1. The van der Waals surface area contributed by atoms with Gasteiger partial charge in [-0.3, -0.25) is 9.59 Å². The molecule has 2 atom stereocenters. The molecule has 3 heterocycles. The Kier molecular flexibility index (Phi) is 7.63. The Hall–Kier alpha value is -4.93. The molecular formula is C28H22F7N5O5. The maximum Gasteiger partial charge on any atom is 0.424 e. The molecule has 0 spiro atoms. The number of ether oxygens (including phenoxy) is 2. The Labute approximate surface area is 248 Å². The fourth-order valence-corrected chi connectivity index (χ4v) is 4.88. The number of fused-ring (bicyclic) bond motifs is 2. The average Bonchev–Trinajstić information content (AvgIpc) is 3.58. The van der Waals surface area contributed by atoms with Crippen molar-refractivity contribution in [2.45, 2.75) is 30.7 Å². The van der Waals surface area contributed by atoms with Gasteiger partial charge in [0.1, 0.15) is 40.5 Å². The van der Waals surface area contributed by atoms with Crippen LogP contribution >= 0.6 is 0 Å². The molecule has 5 rings (SSSR count). The number of methoxy groups -OCH3 is 1. The van der Waals surface area contributed by atoms with Crippen LogP contribution in [-0.4, -0.2) is 58.1 Å². The van der Waals surface area contributed by atoms with Crippen molar-refractivity contribution in [2.75, 3.05) is 20.3 Å². The van der Waals surface area contributed by atoms with Gasteiger partial charge in [-0.05, 0) is 43.3 Å². The quantitative estimate of drug-likeness (QED) is 0.246. The third kappa shape index (κ3) is 5.15. The molecule has 2 amide bonds. The van der Waals surface area contributed by atoms with Crippen LogP contribution in [0.4, 0.5) is 30.7 Å². The molecule has 1 unspecified atom stereocenters. The van der Waals surface area contributed by atoms with Gasteiger partial charge in [-0.25, -0.2) is 18.4 Å². The molecule has 2 aromatic heterocycles. The lowest BCUT2D eigenvalue weighted by molar-refractivity contribution is -0.266. The van der Waals surface area contributed by atoms with Crippen molar-refractivity contribution in [3.8, 4) is 22.8 Å². The summed E-state index contributed by atoms with van der Waals surface area (Å²) in [4.78, 5) is 29.1. The second-order valence-corrected chi connectivity index (χ2v) is 10.4. The lowest BCUT2D eigenvalue weighted by atomic mass is 9.81. The minimum Gasteiger partial charge on any atom is -0.494 e. The van der Waals surface area contributed by atoms with E-state index < -0.39 is 83.0 Å². The predicted octanol–water partition coefficient (Wildman–Crippen LogP) is 4.10. The fourth-order valence-electron chi connectivity index (χ4n) is 4.88. The summed E-state index contributed by atoms with van der Waals surface area (Å²) in [6, 6.07) is 6.17. The Morgan fingerprint density at radius 1 is 1.20 bits per heavy atom. The summed E-state index contributed by atoms with van der Waals surface area (Å²) in [5, 5.41) is 16.6. The predicted molar refractivity (Wildman–Crippen MR) is 141 cm³/mol. The number of nitrogens with zero attached hydrogens (tertiary/aromatic N) is 3. The summed E-state index contributed by atoms with van der Waals surface area (Å²) in [5.74, 6) is -5.50. The third-order valence-electron chi connectivity index (χ3n) is 7.45. The van der Waals surface area contributed by atoms with Gasteiger partial charge in [-0.15, -0.1) is 0 Å². The summed E-state index contributed by atoms with van der Waals surface area (Å²) in [5.41, 5.74) is -4.08. The zero-order valence-corrected chi connectivity index (χ0v) is 23.2. The molecule has 0 radical (unpaired) electrons. The topological polar surface area (TPSA) is 142 Å². The SMILES string of the molecule is COc1cc(C(=O)NCC(O)(c2nc(-c3ccc(F)cc3)c3c(c2F)[C@@](C)(C(N)=O)CO3)C(F)(F)F)cc2cn(C(F)F)nc12. The van der Waals surface area contributed by atoms with Crippen LogP contribution in [0, 0.1) is 11.6 Å². The molecule has 0 bridgehead atoms. The number of aromatic nitrogens is 3. The number of nitrogens with two attached hydrogens (primary N) is 1. The van der Waals surface area contributed by atoms with Crippen molar-refractivity contribution >= 4 is 22.7 Å². The van der Waals surface area contributed by atoms with Gasteiger partial charge in [-0.2, -0.15) is 27.1 Å². The highest BCUT2D eigenvalue weighted by Gasteiger charge is 2.60. The Balaban J connectivity index is 1.61. The van der Waals surface area contributed by atoms with Gasteiger partial charge in [0.2, 0.25) is 11.5 Å². The number of pyridine rings is 1. The van der Waals surface area contributed by atoms with Gasteiger partial charge in [0.25, 0.3) is 5.91 Å². The van der Waals surface area contributed by atoms with E-state index in [1.165, 1.54) is 0 Å². The Bertz CT molecular complexity index is 1830. The van der Waals surface area contributed by atoms with Crippen LogP contribution < -0.4 is 20.5 Å². The highest BCUT2D eigenvalue weighted by Crippen LogP contribution is 2.49. The van der Waals surface area contributed by atoms with E-state index in [0.717, 1.165) is 56.6 Å². The van der Waals surface area contributed by atoms with E-state index in [4.69, 9.17) is 15.2 Å². The largest absolute Gasteiger partial charge is 0.494 e. The number of carbonyl (C=O) groups excluding carboxylic acids is 2. The molecule has 4 aromatic rings. The number of halogens is 7. The molecule has 0 saturated carbocycles. The number of benzene rings is 2. The van der Waals surface area contributed by atoms with E-state index in [1.807, 2.05) is 5.32 Å². The van der Waals surface area contributed by atoms with Gasteiger partial charge in [0, 0.05) is 22.7 Å². The molecule has 4 N–H and O–H groups in total. The summed E-state index contributed by atoms with van der Waals surface area (Å²) in [6.07, 6.45) is -4.81. The summed E-state index contributed by atoms with van der Waals surface area (Å²) < 4.78 is 111. The molecule has 1 aliphatic heterocycles.